The monoisotopic (exact) mass is 278 g/mol. The summed E-state index contributed by atoms with van der Waals surface area (Å²) in [4.78, 5) is 2.41. The van der Waals surface area contributed by atoms with Gasteiger partial charge in [-0.3, -0.25) is 0 Å². The van der Waals surface area contributed by atoms with Crippen LogP contribution in [0.25, 0.3) is 11.1 Å². The molecule has 0 aromatic heterocycles. The molecule has 0 aliphatic carbocycles. The molecule has 2 aromatic carbocycles. The van der Waals surface area contributed by atoms with Gasteiger partial charge >= 0.3 is 0 Å². The smallest absolute Gasteiger partial charge is 0.0487 e. The molecule has 3 rings (SSSR count). The molecule has 2 N–H and O–H groups in total. The average Bonchev–Trinajstić information content (AvgIpc) is 2.62. The number of fused-ring (bicyclic) bond motifs is 2. The maximum atomic E-state index is 5.74. The molecule has 2 heteroatoms. The predicted octanol–water partition coefficient (Wildman–Crippen LogP) is 4.44. The van der Waals surface area contributed by atoms with Crippen molar-refractivity contribution in [3.8, 4) is 0 Å². The third kappa shape index (κ3) is 2.36. The van der Waals surface area contributed by atoms with Crippen LogP contribution in [0, 0.1) is 0 Å². The van der Waals surface area contributed by atoms with Crippen LogP contribution in [-0.4, -0.2) is 13.1 Å². The first-order chi connectivity index (χ1) is 10.2. The number of rotatable bonds is 3. The Labute approximate surface area is 126 Å². The highest BCUT2D eigenvalue weighted by molar-refractivity contribution is 5.99. The third-order valence-corrected chi connectivity index (χ3v) is 4.35. The minimum Gasteiger partial charge on any atom is -0.340 e. The quantitative estimate of drug-likeness (QED) is 0.899. The fraction of sp³-hybridized carbons (Fsp3) is 0.263. The molecule has 0 radical (unpaired) electrons. The minimum absolute atomic E-state index is 0.715. The van der Waals surface area contributed by atoms with E-state index in [0.717, 1.165) is 13.0 Å². The van der Waals surface area contributed by atoms with Gasteiger partial charge in [0.1, 0.15) is 0 Å². The van der Waals surface area contributed by atoms with E-state index in [2.05, 4.69) is 67.3 Å². The lowest BCUT2D eigenvalue weighted by molar-refractivity contribution is 0.817. The molecule has 2 aromatic rings. The summed E-state index contributed by atoms with van der Waals surface area (Å²) in [5, 5.41) is 0. The van der Waals surface area contributed by atoms with Crippen molar-refractivity contribution in [1.82, 2.24) is 0 Å². The van der Waals surface area contributed by atoms with Gasteiger partial charge in [0.25, 0.3) is 0 Å². The molecule has 0 saturated carbocycles. The highest BCUT2D eigenvalue weighted by atomic mass is 15.1. The van der Waals surface area contributed by atoms with Crippen LogP contribution in [0.1, 0.15) is 31.4 Å². The first-order valence-electron chi connectivity index (χ1n) is 7.58. The number of nitrogens with two attached hydrogens (primary N) is 1. The maximum absolute atomic E-state index is 5.74. The van der Waals surface area contributed by atoms with Gasteiger partial charge in [0.2, 0.25) is 0 Å². The molecule has 0 bridgehead atoms. The molecule has 108 valence electrons. The molecular weight excluding hydrogens is 256 g/mol. The van der Waals surface area contributed by atoms with E-state index >= 15 is 0 Å². The summed E-state index contributed by atoms with van der Waals surface area (Å²) in [7, 11) is 0. The van der Waals surface area contributed by atoms with Gasteiger partial charge in [0, 0.05) is 29.0 Å². The first kappa shape index (κ1) is 13.9. The molecule has 0 fully saturated rings. The zero-order chi connectivity index (χ0) is 14.8. The van der Waals surface area contributed by atoms with Crippen LogP contribution in [0.3, 0.4) is 0 Å². The Hall–Kier alpha value is -2.06. The Balaban J connectivity index is 2.25. The standard InChI is InChI=1S/C19H22N2/c1-14-15(2)17-9-4-6-11-19(17)21(13-7-12-20)18-10-5-3-8-16(14)18/h3-6,8-11H,7,12-13,20H2,1-2H3. The zero-order valence-electron chi connectivity index (χ0n) is 12.8. The topological polar surface area (TPSA) is 29.3 Å². The molecule has 0 amide bonds. The van der Waals surface area contributed by atoms with Gasteiger partial charge in [0.15, 0.2) is 0 Å². The molecular formula is C19H22N2. The van der Waals surface area contributed by atoms with E-state index in [1.807, 2.05) is 0 Å². The molecule has 2 nitrogen and oxygen atoms in total. The van der Waals surface area contributed by atoms with Crippen molar-refractivity contribution in [2.45, 2.75) is 20.3 Å². The summed E-state index contributed by atoms with van der Waals surface area (Å²) in [6.45, 7) is 6.10. The average molecular weight is 278 g/mol. The molecule has 0 unspecified atom stereocenters. The fourth-order valence-electron chi connectivity index (χ4n) is 3.08. The summed E-state index contributed by atoms with van der Waals surface area (Å²) in [5.74, 6) is 0. The summed E-state index contributed by atoms with van der Waals surface area (Å²) in [5.41, 5.74) is 13.7. The van der Waals surface area contributed by atoms with E-state index in [4.69, 9.17) is 5.73 Å². The normalized spacial score (nSPS) is 13.8. The van der Waals surface area contributed by atoms with E-state index < -0.39 is 0 Å². The molecule has 1 aliphatic heterocycles. The van der Waals surface area contributed by atoms with Crippen LogP contribution in [0.5, 0.6) is 0 Å². The van der Waals surface area contributed by atoms with Crippen molar-refractivity contribution in [3.05, 3.63) is 59.7 Å². The Morgan fingerprint density at radius 1 is 0.810 bits per heavy atom. The van der Waals surface area contributed by atoms with Gasteiger partial charge in [-0.1, -0.05) is 36.4 Å². The van der Waals surface area contributed by atoms with Crippen molar-refractivity contribution in [2.24, 2.45) is 5.73 Å². The second-order valence-corrected chi connectivity index (χ2v) is 5.58. The van der Waals surface area contributed by atoms with Crippen molar-refractivity contribution < 1.29 is 0 Å². The van der Waals surface area contributed by atoms with Crippen LogP contribution in [0.15, 0.2) is 48.5 Å². The van der Waals surface area contributed by atoms with Gasteiger partial charge in [-0.25, -0.2) is 0 Å². The van der Waals surface area contributed by atoms with Gasteiger partial charge in [-0.15, -0.1) is 0 Å². The van der Waals surface area contributed by atoms with Gasteiger partial charge < -0.3 is 10.6 Å². The van der Waals surface area contributed by atoms with Gasteiger partial charge in [-0.05, 0) is 50.1 Å². The van der Waals surface area contributed by atoms with Crippen molar-refractivity contribution in [2.75, 3.05) is 18.0 Å². The van der Waals surface area contributed by atoms with Crippen LogP contribution in [-0.2, 0) is 0 Å². The largest absolute Gasteiger partial charge is 0.340 e. The number of para-hydroxylation sites is 2. The summed E-state index contributed by atoms with van der Waals surface area (Å²) >= 11 is 0. The zero-order valence-corrected chi connectivity index (χ0v) is 12.8. The summed E-state index contributed by atoms with van der Waals surface area (Å²) in [6.07, 6.45) is 0.987. The van der Waals surface area contributed by atoms with Crippen LogP contribution in [0.4, 0.5) is 11.4 Å². The third-order valence-electron chi connectivity index (χ3n) is 4.35. The second-order valence-electron chi connectivity index (χ2n) is 5.58. The van der Waals surface area contributed by atoms with Crippen molar-refractivity contribution in [1.29, 1.82) is 0 Å². The van der Waals surface area contributed by atoms with E-state index in [9.17, 15) is 0 Å². The SMILES string of the molecule is CC1=C(C)c2ccccc2N(CCCN)c2ccccc21. The first-order valence-corrected chi connectivity index (χ1v) is 7.58. The Bertz CT molecular complexity index is 630. The van der Waals surface area contributed by atoms with Gasteiger partial charge in [-0.2, -0.15) is 0 Å². The molecule has 0 saturated heterocycles. The van der Waals surface area contributed by atoms with E-state index in [-0.39, 0.29) is 0 Å². The molecule has 0 atom stereocenters. The predicted molar refractivity (Wildman–Crippen MR) is 91.7 cm³/mol. The minimum atomic E-state index is 0.715. The van der Waals surface area contributed by atoms with E-state index in [1.54, 1.807) is 0 Å². The Kier molecular flexibility index (Phi) is 3.80. The Morgan fingerprint density at radius 3 is 1.76 bits per heavy atom. The molecule has 0 spiro atoms. The van der Waals surface area contributed by atoms with Crippen molar-refractivity contribution >= 4 is 22.5 Å². The number of hydrogen-bond acceptors (Lipinski definition) is 2. The summed E-state index contributed by atoms with van der Waals surface area (Å²) in [6, 6.07) is 17.3. The lowest BCUT2D eigenvalue weighted by atomic mass is 9.97. The number of anilines is 2. The molecule has 21 heavy (non-hydrogen) atoms. The highest BCUT2D eigenvalue weighted by Crippen LogP contribution is 2.42. The van der Waals surface area contributed by atoms with E-state index in [1.165, 1.54) is 33.6 Å². The number of allylic oxidation sites excluding steroid dienone is 2. The number of benzene rings is 2. The molecule has 1 heterocycles. The highest BCUT2D eigenvalue weighted by Gasteiger charge is 2.22. The number of nitrogens with zero attached hydrogens (tertiary/aromatic N) is 1. The van der Waals surface area contributed by atoms with Crippen LogP contribution >= 0.6 is 0 Å². The summed E-state index contributed by atoms with van der Waals surface area (Å²) < 4.78 is 0. The lowest BCUT2D eigenvalue weighted by Gasteiger charge is -2.27. The van der Waals surface area contributed by atoms with Crippen LogP contribution < -0.4 is 10.6 Å². The van der Waals surface area contributed by atoms with E-state index in [0.29, 0.717) is 6.54 Å². The number of hydrogen-bond donors (Lipinski definition) is 1. The second kappa shape index (κ2) is 5.74. The lowest BCUT2D eigenvalue weighted by Crippen LogP contribution is -2.22. The fourth-order valence-corrected chi connectivity index (χ4v) is 3.08. The van der Waals surface area contributed by atoms with Crippen molar-refractivity contribution in [3.63, 3.8) is 0 Å². The van der Waals surface area contributed by atoms with Crippen LogP contribution in [0.2, 0.25) is 0 Å². The maximum Gasteiger partial charge on any atom is 0.0487 e. The molecule has 1 aliphatic rings. The Morgan fingerprint density at radius 2 is 1.29 bits per heavy atom. The van der Waals surface area contributed by atoms with Gasteiger partial charge in [0.05, 0.1) is 0 Å².